The topological polar surface area (TPSA) is 92.2 Å². The van der Waals surface area contributed by atoms with Crippen LogP contribution in [0.2, 0.25) is 0 Å². The third-order valence-corrected chi connectivity index (χ3v) is 4.89. The first-order chi connectivity index (χ1) is 13.5. The predicted molar refractivity (Wildman–Crippen MR) is 104 cm³/mol. The molecule has 144 valence electrons. The number of methoxy groups -OCH3 is 1. The maximum atomic E-state index is 13.6. The number of fused-ring (bicyclic) bond motifs is 1. The fourth-order valence-corrected chi connectivity index (χ4v) is 3.20. The molecule has 3 heterocycles. The predicted octanol–water partition coefficient (Wildman–Crippen LogP) is 3.11. The van der Waals surface area contributed by atoms with Crippen molar-refractivity contribution < 1.29 is 14.2 Å². The van der Waals surface area contributed by atoms with Crippen molar-refractivity contribution in [3.8, 4) is 17.0 Å². The van der Waals surface area contributed by atoms with E-state index in [2.05, 4.69) is 25.6 Å². The summed E-state index contributed by atoms with van der Waals surface area (Å²) < 4.78 is 18.8. The zero-order valence-corrected chi connectivity index (χ0v) is 15.5. The van der Waals surface area contributed by atoms with E-state index in [1.54, 1.807) is 18.5 Å². The van der Waals surface area contributed by atoms with Gasteiger partial charge in [-0.05, 0) is 24.3 Å². The Labute approximate surface area is 161 Å². The smallest absolute Gasteiger partial charge is 0.227 e. The van der Waals surface area contributed by atoms with Gasteiger partial charge in [0.25, 0.3) is 0 Å². The SMILES string of the molecule is COc1ccc(F)cc1Nc1nccc(-c2cnc3c(c2)C(C)(CO)CN3)n1. The summed E-state index contributed by atoms with van der Waals surface area (Å²) in [5, 5.41) is 16.0. The van der Waals surface area contributed by atoms with Crippen molar-refractivity contribution in [3.05, 3.63) is 54.1 Å². The fraction of sp³-hybridized carbons (Fsp3) is 0.250. The summed E-state index contributed by atoms with van der Waals surface area (Å²) in [6.45, 7) is 2.64. The molecular weight excluding hydrogens is 361 g/mol. The molecule has 1 aliphatic rings. The molecule has 0 saturated carbocycles. The molecule has 0 fully saturated rings. The van der Waals surface area contributed by atoms with Crippen LogP contribution in [0.5, 0.6) is 5.75 Å². The Morgan fingerprint density at radius 1 is 1.29 bits per heavy atom. The fourth-order valence-electron chi connectivity index (χ4n) is 3.20. The number of hydrogen-bond donors (Lipinski definition) is 3. The van der Waals surface area contributed by atoms with Crippen LogP contribution in [0.25, 0.3) is 11.3 Å². The Morgan fingerprint density at radius 2 is 2.14 bits per heavy atom. The van der Waals surface area contributed by atoms with Crippen molar-refractivity contribution in [2.24, 2.45) is 0 Å². The molecule has 0 aliphatic carbocycles. The van der Waals surface area contributed by atoms with E-state index in [1.165, 1.54) is 25.3 Å². The Balaban J connectivity index is 1.67. The van der Waals surface area contributed by atoms with Gasteiger partial charge in [0.05, 0.1) is 25.1 Å². The zero-order valence-electron chi connectivity index (χ0n) is 15.5. The minimum atomic E-state index is -0.391. The molecule has 4 rings (SSSR count). The molecule has 0 bridgehead atoms. The molecule has 1 unspecified atom stereocenters. The van der Waals surface area contributed by atoms with Crippen LogP contribution in [0.15, 0.2) is 42.7 Å². The minimum Gasteiger partial charge on any atom is -0.495 e. The van der Waals surface area contributed by atoms with E-state index in [4.69, 9.17) is 4.74 Å². The van der Waals surface area contributed by atoms with Crippen molar-refractivity contribution >= 4 is 17.5 Å². The van der Waals surface area contributed by atoms with Crippen LogP contribution in [-0.4, -0.2) is 40.3 Å². The number of pyridine rings is 1. The highest BCUT2D eigenvalue weighted by molar-refractivity contribution is 5.68. The Hall–Kier alpha value is -3.26. The lowest BCUT2D eigenvalue weighted by Gasteiger charge is -2.20. The highest BCUT2D eigenvalue weighted by atomic mass is 19.1. The summed E-state index contributed by atoms with van der Waals surface area (Å²) in [7, 11) is 1.51. The quantitative estimate of drug-likeness (QED) is 0.625. The number of hydrogen-bond acceptors (Lipinski definition) is 7. The van der Waals surface area contributed by atoms with Gasteiger partial charge < -0.3 is 20.5 Å². The van der Waals surface area contributed by atoms with Crippen molar-refractivity contribution in [1.82, 2.24) is 15.0 Å². The second kappa shape index (κ2) is 7.05. The first-order valence-electron chi connectivity index (χ1n) is 8.82. The van der Waals surface area contributed by atoms with Gasteiger partial charge in [-0.2, -0.15) is 0 Å². The molecule has 8 heteroatoms. The van der Waals surface area contributed by atoms with E-state index >= 15 is 0 Å². The maximum absolute atomic E-state index is 13.6. The minimum absolute atomic E-state index is 0.0219. The number of aliphatic hydroxyl groups excluding tert-OH is 1. The van der Waals surface area contributed by atoms with Crippen LogP contribution in [0, 0.1) is 5.82 Å². The first kappa shape index (κ1) is 18.1. The van der Waals surface area contributed by atoms with Gasteiger partial charge in [0.2, 0.25) is 5.95 Å². The van der Waals surface area contributed by atoms with Gasteiger partial charge in [0.15, 0.2) is 0 Å². The molecule has 7 nitrogen and oxygen atoms in total. The Kier molecular flexibility index (Phi) is 4.56. The number of ether oxygens (including phenoxy) is 1. The van der Waals surface area contributed by atoms with E-state index in [9.17, 15) is 9.50 Å². The van der Waals surface area contributed by atoms with Gasteiger partial charge in [-0.1, -0.05) is 6.92 Å². The van der Waals surface area contributed by atoms with E-state index in [-0.39, 0.29) is 12.0 Å². The monoisotopic (exact) mass is 381 g/mol. The van der Waals surface area contributed by atoms with Crippen molar-refractivity contribution in [2.75, 3.05) is 30.9 Å². The van der Waals surface area contributed by atoms with Crippen molar-refractivity contribution in [1.29, 1.82) is 0 Å². The second-order valence-corrected chi connectivity index (χ2v) is 6.93. The third-order valence-electron chi connectivity index (χ3n) is 4.89. The van der Waals surface area contributed by atoms with Crippen LogP contribution < -0.4 is 15.4 Å². The van der Waals surface area contributed by atoms with Crippen LogP contribution in [0.4, 0.5) is 21.8 Å². The van der Waals surface area contributed by atoms with E-state index in [0.29, 0.717) is 29.6 Å². The lowest BCUT2D eigenvalue weighted by Crippen LogP contribution is -2.28. The number of rotatable bonds is 5. The van der Waals surface area contributed by atoms with E-state index < -0.39 is 5.82 Å². The lowest BCUT2D eigenvalue weighted by atomic mass is 9.85. The summed E-state index contributed by atoms with van der Waals surface area (Å²) in [4.78, 5) is 13.2. The molecule has 3 aromatic rings. The van der Waals surface area contributed by atoms with Gasteiger partial charge in [-0.3, -0.25) is 0 Å². The second-order valence-electron chi connectivity index (χ2n) is 6.93. The average molecular weight is 381 g/mol. The molecule has 0 saturated heterocycles. The highest BCUT2D eigenvalue weighted by Gasteiger charge is 2.35. The molecular formula is C20H20FN5O2. The molecule has 0 spiro atoms. The molecule has 1 aromatic carbocycles. The number of nitrogens with one attached hydrogen (secondary N) is 2. The standard InChI is InChI=1S/C20H20FN5O2/c1-20(11-27)10-24-18-14(20)7-12(9-23-18)15-5-6-22-19(25-15)26-16-8-13(21)3-4-17(16)28-2/h3-9,27H,10-11H2,1-2H3,(H,23,24)(H,22,25,26). The third kappa shape index (κ3) is 3.22. The average Bonchev–Trinajstić information content (AvgIpc) is 3.05. The lowest BCUT2D eigenvalue weighted by molar-refractivity contribution is 0.218. The largest absolute Gasteiger partial charge is 0.495 e. The van der Waals surface area contributed by atoms with E-state index in [1.807, 2.05) is 13.0 Å². The number of nitrogens with zero attached hydrogens (tertiary/aromatic N) is 3. The van der Waals surface area contributed by atoms with Gasteiger partial charge in [-0.15, -0.1) is 0 Å². The first-order valence-corrected chi connectivity index (χ1v) is 8.82. The number of aliphatic hydroxyl groups is 1. The Morgan fingerprint density at radius 3 is 2.93 bits per heavy atom. The molecule has 28 heavy (non-hydrogen) atoms. The van der Waals surface area contributed by atoms with Crippen molar-refractivity contribution in [3.63, 3.8) is 0 Å². The number of aromatic nitrogens is 3. The molecule has 3 N–H and O–H groups in total. The van der Waals surface area contributed by atoms with Gasteiger partial charge in [0, 0.05) is 41.5 Å². The van der Waals surface area contributed by atoms with Gasteiger partial charge in [-0.25, -0.2) is 19.3 Å². The van der Waals surface area contributed by atoms with Gasteiger partial charge in [0.1, 0.15) is 17.4 Å². The highest BCUT2D eigenvalue weighted by Crippen LogP contribution is 2.37. The summed E-state index contributed by atoms with van der Waals surface area (Å²) >= 11 is 0. The van der Waals surface area contributed by atoms with Crippen LogP contribution in [-0.2, 0) is 5.41 Å². The van der Waals surface area contributed by atoms with Crippen LogP contribution in [0.3, 0.4) is 0 Å². The maximum Gasteiger partial charge on any atom is 0.227 e. The summed E-state index contributed by atoms with van der Waals surface area (Å²) in [6, 6.07) is 7.94. The van der Waals surface area contributed by atoms with Crippen molar-refractivity contribution in [2.45, 2.75) is 12.3 Å². The summed E-state index contributed by atoms with van der Waals surface area (Å²) in [6.07, 6.45) is 3.34. The summed E-state index contributed by atoms with van der Waals surface area (Å²) in [5.41, 5.74) is 2.46. The normalized spacial score (nSPS) is 17.7. The molecule has 2 aromatic heterocycles. The number of anilines is 3. The zero-order chi connectivity index (χ0) is 19.7. The number of halogens is 1. The van der Waals surface area contributed by atoms with Crippen LogP contribution >= 0.6 is 0 Å². The molecule has 1 aliphatic heterocycles. The molecule has 0 amide bonds. The summed E-state index contributed by atoms with van der Waals surface area (Å²) in [5.74, 6) is 1.18. The molecule has 0 radical (unpaired) electrons. The Bertz CT molecular complexity index is 1030. The molecule has 1 atom stereocenters. The van der Waals surface area contributed by atoms with Crippen LogP contribution in [0.1, 0.15) is 12.5 Å². The van der Waals surface area contributed by atoms with E-state index in [0.717, 1.165) is 16.9 Å². The number of benzene rings is 1. The van der Waals surface area contributed by atoms with Gasteiger partial charge >= 0.3 is 0 Å².